The summed E-state index contributed by atoms with van der Waals surface area (Å²) in [5, 5.41) is 0. The summed E-state index contributed by atoms with van der Waals surface area (Å²) >= 11 is 0. The standard InChI is InChI=1S/C13H19N2O2S.C9H11.Ru/c1-10-6-8-11(9-7-10)18(16,17)15-13-5-3-2-4-12(13)14;1-7-4-8(2)6-9(3)5-7;/h6-9,12,15H,2-5,14H2,1H3;4-5H,1-3H3;/q2*-1;+2. The first-order valence-electron chi connectivity index (χ1n) is 9.35. The molecular weight excluding hydrogens is 457 g/mol. The van der Waals surface area contributed by atoms with Crippen molar-refractivity contribution in [2.45, 2.75) is 64.3 Å². The summed E-state index contributed by atoms with van der Waals surface area (Å²) in [4.78, 5) is 0.290. The minimum Gasteiger partial charge on any atom is -0.357 e. The second-order valence-electron chi connectivity index (χ2n) is 7.32. The first-order chi connectivity index (χ1) is 12.7. The zero-order valence-corrected chi connectivity index (χ0v) is 19.6. The molecule has 6 heteroatoms. The fourth-order valence-corrected chi connectivity index (χ4v) is 4.43. The van der Waals surface area contributed by atoms with Crippen LogP contribution >= 0.6 is 0 Å². The largest absolute Gasteiger partial charge is 2.00 e. The van der Waals surface area contributed by atoms with E-state index in [2.05, 4.69) is 43.7 Å². The monoisotopic (exact) mass is 488 g/mol. The van der Waals surface area contributed by atoms with Crippen LogP contribution in [-0.4, -0.2) is 14.5 Å². The van der Waals surface area contributed by atoms with Gasteiger partial charge in [0.25, 0.3) is 0 Å². The van der Waals surface area contributed by atoms with E-state index in [4.69, 9.17) is 5.73 Å². The molecule has 0 aromatic heterocycles. The summed E-state index contributed by atoms with van der Waals surface area (Å²) in [5.41, 5.74) is 10.7. The predicted molar refractivity (Wildman–Crippen MR) is 111 cm³/mol. The minimum absolute atomic E-state index is 0. The quantitative estimate of drug-likeness (QED) is 0.506. The molecular formula is C22H30N2O2RuS. The number of benzene rings is 2. The van der Waals surface area contributed by atoms with Gasteiger partial charge in [0.05, 0.1) is 4.90 Å². The Morgan fingerprint density at radius 2 is 1.57 bits per heavy atom. The Bertz CT molecular complexity index is 801. The molecule has 2 aromatic rings. The normalized spacial score (nSPS) is 17.2. The second-order valence-corrected chi connectivity index (χ2v) is 9.00. The van der Waals surface area contributed by atoms with Gasteiger partial charge in [0.15, 0.2) is 0 Å². The Balaban J connectivity index is 0.000000332. The number of hydrogen-bond acceptors (Lipinski definition) is 3. The molecule has 1 saturated carbocycles. The second kappa shape index (κ2) is 11.2. The molecule has 0 heterocycles. The number of aryl methyl sites for hydroxylation is 4. The van der Waals surface area contributed by atoms with Gasteiger partial charge < -0.3 is 10.5 Å². The topological polar surface area (TPSA) is 72.2 Å². The summed E-state index contributed by atoms with van der Waals surface area (Å²) in [6.45, 7) is 8.17. The molecule has 28 heavy (non-hydrogen) atoms. The van der Waals surface area contributed by atoms with Gasteiger partial charge >= 0.3 is 19.5 Å². The molecule has 3 rings (SSSR count). The van der Waals surface area contributed by atoms with E-state index in [0.29, 0.717) is 4.90 Å². The van der Waals surface area contributed by atoms with E-state index in [0.717, 1.165) is 37.3 Å². The average molecular weight is 488 g/mol. The van der Waals surface area contributed by atoms with Crippen LogP contribution in [0.2, 0.25) is 0 Å². The van der Waals surface area contributed by atoms with Crippen LogP contribution in [0.15, 0.2) is 41.3 Å². The van der Waals surface area contributed by atoms with Crippen LogP contribution in [0.1, 0.15) is 47.9 Å². The molecule has 0 spiro atoms. The van der Waals surface area contributed by atoms with Gasteiger partial charge in [0.2, 0.25) is 10.0 Å². The summed E-state index contributed by atoms with van der Waals surface area (Å²) < 4.78 is 27.0. The fraction of sp³-hybridized carbons (Fsp3) is 0.409. The number of nitrogens with one attached hydrogen (secondary N) is 1. The molecule has 1 aliphatic rings. The van der Waals surface area contributed by atoms with E-state index in [1.807, 2.05) is 6.92 Å². The van der Waals surface area contributed by atoms with Crippen LogP contribution in [0, 0.1) is 39.8 Å². The molecule has 2 aromatic carbocycles. The molecule has 1 fully saturated rings. The third kappa shape index (κ3) is 7.75. The summed E-state index contributed by atoms with van der Waals surface area (Å²) in [5.74, 6) is 0. The first-order valence-corrected chi connectivity index (χ1v) is 10.8. The van der Waals surface area contributed by atoms with Gasteiger partial charge in [-0.2, -0.15) is 41.3 Å². The SMILES string of the molecule is Cc1[c-]c(C)cc(C)c1.Cc1ccc(S(=O)(=O)N[C-]2CCCCC2N)cc1.[Ru+2]. The van der Waals surface area contributed by atoms with Crippen molar-refractivity contribution >= 4 is 10.0 Å². The maximum absolute atomic E-state index is 12.2. The zero-order valence-electron chi connectivity index (χ0n) is 17.0. The fourth-order valence-electron chi connectivity index (χ4n) is 3.22. The van der Waals surface area contributed by atoms with E-state index in [1.54, 1.807) is 24.3 Å². The van der Waals surface area contributed by atoms with Crippen molar-refractivity contribution in [3.63, 3.8) is 0 Å². The maximum Gasteiger partial charge on any atom is 2.00 e. The molecule has 154 valence electrons. The van der Waals surface area contributed by atoms with E-state index >= 15 is 0 Å². The summed E-state index contributed by atoms with van der Waals surface area (Å²) in [6, 6.07) is 14.9. The van der Waals surface area contributed by atoms with Crippen LogP contribution in [-0.2, 0) is 29.5 Å². The molecule has 0 amide bonds. The van der Waals surface area contributed by atoms with Crippen molar-refractivity contribution < 1.29 is 27.9 Å². The van der Waals surface area contributed by atoms with Crippen LogP contribution < -0.4 is 10.5 Å². The maximum atomic E-state index is 12.2. The number of hydrogen-bond donors (Lipinski definition) is 2. The van der Waals surface area contributed by atoms with Crippen molar-refractivity contribution in [1.82, 2.24) is 4.72 Å². The van der Waals surface area contributed by atoms with Crippen molar-refractivity contribution in [2.75, 3.05) is 0 Å². The van der Waals surface area contributed by atoms with Gasteiger partial charge in [-0.15, -0.1) is 6.04 Å². The third-order valence-electron chi connectivity index (χ3n) is 4.54. The van der Waals surface area contributed by atoms with Crippen molar-refractivity contribution in [2.24, 2.45) is 5.73 Å². The Kier molecular flexibility index (Phi) is 9.99. The predicted octanol–water partition coefficient (Wildman–Crippen LogP) is 4.12. The molecule has 1 unspecified atom stereocenters. The molecule has 0 radical (unpaired) electrons. The van der Waals surface area contributed by atoms with Gasteiger partial charge in [-0.3, -0.25) is 0 Å². The van der Waals surface area contributed by atoms with Gasteiger partial charge in [-0.05, 0) is 19.1 Å². The average Bonchev–Trinajstić information content (AvgIpc) is 2.56. The Morgan fingerprint density at radius 3 is 2.07 bits per heavy atom. The Morgan fingerprint density at radius 1 is 1.00 bits per heavy atom. The Hall–Kier alpha value is -1.07. The molecule has 4 nitrogen and oxygen atoms in total. The first kappa shape index (κ1) is 25.0. The van der Waals surface area contributed by atoms with E-state index in [9.17, 15) is 8.42 Å². The summed E-state index contributed by atoms with van der Waals surface area (Å²) in [6.07, 6.45) is 3.66. The van der Waals surface area contributed by atoms with Gasteiger partial charge in [0.1, 0.15) is 0 Å². The van der Waals surface area contributed by atoms with Crippen LogP contribution in [0.5, 0.6) is 0 Å². The number of nitrogens with two attached hydrogens (primary N) is 1. The molecule has 0 saturated heterocycles. The minimum atomic E-state index is -3.48. The number of rotatable bonds is 3. The number of sulfonamides is 1. The van der Waals surface area contributed by atoms with Gasteiger partial charge in [-0.1, -0.05) is 57.7 Å². The van der Waals surface area contributed by atoms with E-state index in [1.165, 1.54) is 16.7 Å². The molecule has 0 bridgehead atoms. The van der Waals surface area contributed by atoms with Crippen LogP contribution in [0.25, 0.3) is 0 Å². The van der Waals surface area contributed by atoms with Crippen molar-refractivity contribution in [3.05, 3.63) is 70.8 Å². The van der Waals surface area contributed by atoms with Crippen molar-refractivity contribution in [3.8, 4) is 0 Å². The van der Waals surface area contributed by atoms with Crippen LogP contribution in [0.4, 0.5) is 0 Å². The zero-order chi connectivity index (χ0) is 20.0. The molecule has 1 atom stereocenters. The third-order valence-corrected chi connectivity index (χ3v) is 5.96. The molecule has 0 aliphatic heterocycles. The molecule has 1 aliphatic carbocycles. The van der Waals surface area contributed by atoms with E-state index < -0.39 is 10.0 Å². The van der Waals surface area contributed by atoms with Gasteiger partial charge in [0, 0.05) is 0 Å². The van der Waals surface area contributed by atoms with Gasteiger partial charge in [-0.25, -0.2) is 14.5 Å². The van der Waals surface area contributed by atoms with Crippen LogP contribution in [0.3, 0.4) is 0 Å². The molecule has 3 N–H and O–H groups in total. The Labute approximate surface area is 183 Å². The van der Waals surface area contributed by atoms with E-state index in [-0.39, 0.29) is 25.5 Å². The van der Waals surface area contributed by atoms with Crippen molar-refractivity contribution in [1.29, 1.82) is 0 Å². The smallest absolute Gasteiger partial charge is 0.357 e. The summed E-state index contributed by atoms with van der Waals surface area (Å²) in [7, 11) is -3.48.